The molecule has 0 aliphatic carbocycles. The zero-order valence-corrected chi connectivity index (χ0v) is 11.3. The summed E-state index contributed by atoms with van der Waals surface area (Å²) >= 11 is 0. The number of aliphatic hydroxyl groups excluding tert-OH is 1. The molecule has 0 aliphatic heterocycles. The van der Waals surface area contributed by atoms with Crippen molar-refractivity contribution < 1.29 is 5.11 Å². The lowest BCUT2D eigenvalue weighted by molar-refractivity contribution is 0.229. The van der Waals surface area contributed by atoms with Crippen molar-refractivity contribution in [3.63, 3.8) is 0 Å². The molecule has 0 spiro atoms. The molecule has 0 radical (unpaired) electrons. The number of nitrogen functional groups attached to an aromatic ring is 1. The Morgan fingerprint density at radius 1 is 1.44 bits per heavy atom. The van der Waals surface area contributed by atoms with E-state index in [1.165, 1.54) is 6.33 Å². The largest absolute Gasteiger partial charge is 0.396 e. The van der Waals surface area contributed by atoms with Gasteiger partial charge in [-0.2, -0.15) is 0 Å². The van der Waals surface area contributed by atoms with Crippen LogP contribution < -0.4 is 11.1 Å². The average molecular weight is 252 g/mol. The summed E-state index contributed by atoms with van der Waals surface area (Å²) in [5.74, 6) is 1.77. The van der Waals surface area contributed by atoms with Gasteiger partial charge in [0.05, 0.1) is 0 Å². The average Bonchev–Trinajstić information content (AvgIpc) is 2.38. The summed E-state index contributed by atoms with van der Waals surface area (Å²) in [4.78, 5) is 8.27. The van der Waals surface area contributed by atoms with Gasteiger partial charge in [-0.25, -0.2) is 9.97 Å². The van der Waals surface area contributed by atoms with Gasteiger partial charge in [-0.05, 0) is 25.2 Å². The SMILES string of the molecule is CCCc1c(N)ncnc1NCCCC(C)CO. The molecule has 1 unspecified atom stereocenters. The van der Waals surface area contributed by atoms with Crippen molar-refractivity contribution in [2.24, 2.45) is 5.92 Å². The maximum absolute atomic E-state index is 8.94. The molecule has 1 aromatic rings. The molecule has 0 saturated heterocycles. The van der Waals surface area contributed by atoms with E-state index in [0.717, 1.165) is 43.6 Å². The number of nitrogens with zero attached hydrogens (tertiary/aromatic N) is 2. The Kier molecular flexibility index (Phi) is 6.43. The van der Waals surface area contributed by atoms with Crippen LogP contribution in [0.2, 0.25) is 0 Å². The van der Waals surface area contributed by atoms with Crippen LogP contribution in [0.15, 0.2) is 6.33 Å². The van der Waals surface area contributed by atoms with Crippen LogP contribution in [-0.4, -0.2) is 28.2 Å². The number of aromatic nitrogens is 2. The van der Waals surface area contributed by atoms with Gasteiger partial charge in [0.25, 0.3) is 0 Å². The fourth-order valence-electron chi connectivity index (χ4n) is 1.82. The summed E-state index contributed by atoms with van der Waals surface area (Å²) in [7, 11) is 0. The summed E-state index contributed by atoms with van der Waals surface area (Å²) in [5.41, 5.74) is 6.87. The minimum Gasteiger partial charge on any atom is -0.396 e. The first-order valence-corrected chi connectivity index (χ1v) is 6.63. The normalized spacial score (nSPS) is 12.4. The van der Waals surface area contributed by atoms with E-state index < -0.39 is 0 Å². The molecule has 4 N–H and O–H groups in total. The Morgan fingerprint density at radius 2 is 2.22 bits per heavy atom. The molecule has 5 heteroatoms. The number of nitrogens with one attached hydrogen (secondary N) is 1. The van der Waals surface area contributed by atoms with Crippen molar-refractivity contribution >= 4 is 11.6 Å². The summed E-state index contributed by atoms with van der Waals surface area (Å²) < 4.78 is 0. The van der Waals surface area contributed by atoms with Gasteiger partial charge in [0.15, 0.2) is 0 Å². The maximum atomic E-state index is 8.94. The van der Waals surface area contributed by atoms with Gasteiger partial charge in [-0.15, -0.1) is 0 Å². The standard InChI is InChI=1S/C13H24N4O/c1-3-5-11-12(14)16-9-17-13(11)15-7-4-6-10(2)8-18/h9-10,18H,3-8H2,1-2H3,(H3,14,15,16,17). The Morgan fingerprint density at radius 3 is 2.89 bits per heavy atom. The summed E-state index contributed by atoms with van der Waals surface area (Å²) in [6, 6.07) is 0. The summed E-state index contributed by atoms with van der Waals surface area (Å²) in [6.07, 6.45) is 5.42. The Hall–Kier alpha value is -1.36. The van der Waals surface area contributed by atoms with Crippen molar-refractivity contribution in [3.8, 4) is 0 Å². The zero-order valence-electron chi connectivity index (χ0n) is 11.3. The molecule has 0 aromatic carbocycles. The molecule has 1 rings (SSSR count). The van der Waals surface area contributed by atoms with Gasteiger partial charge in [0, 0.05) is 18.7 Å². The van der Waals surface area contributed by atoms with Gasteiger partial charge in [-0.1, -0.05) is 20.3 Å². The number of hydrogen-bond donors (Lipinski definition) is 3. The third-order valence-corrected chi connectivity index (χ3v) is 2.96. The third kappa shape index (κ3) is 4.49. The molecular formula is C13H24N4O. The molecule has 1 atom stereocenters. The minimum atomic E-state index is 0.252. The van der Waals surface area contributed by atoms with Crippen molar-refractivity contribution in [1.82, 2.24) is 9.97 Å². The molecule has 0 saturated carbocycles. The van der Waals surface area contributed by atoms with E-state index in [1.807, 2.05) is 6.92 Å². The summed E-state index contributed by atoms with van der Waals surface area (Å²) in [5, 5.41) is 12.2. The molecule has 0 aliphatic rings. The first-order valence-electron chi connectivity index (χ1n) is 6.63. The molecule has 0 fully saturated rings. The first-order chi connectivity index (χ1) is 8.69. The van der Waals surface area contributed by atoms with Crippen LogP contribution >= 0.6 is 0 Å². The fraction of sp³-hybridized carbons (Fsp3) is 0.692. The van der Waals surface area contributed by atoms with Crippen molar-refractivity contribution in [1.29, 1.82) is 0 Å². The van der Waals surface area contributed by atoms with Gasteiger partial charge >= 0.3 is 0 Å². The number of rotatable bonds is 8. The second-order valence-corrected chi connectivity index (χ2v) is 4.69. The van der Waals surface area contributed by atoms with Gasteiger partial charge in [0.1, 0.15) is 18.0 Å². The van der Waals surface area contributed by atoms with E-state index >= 15 is 0 Å². The molecule has 1 aromatic heterocycles. The first kappa shape index (κ1) is 14.7. The van der Waals surface area contributed by atoms with Crippen LogP contribution in [0.5, 0.6) is 0 Å². The fourth-order valence-corrected chi connectivity index (χ4v) is 1.82. The van der Waals surface area contributed by atoms with E-state index in [2.05, 4.69) is 22.2 Å². The highest BCUT2D eigenvalue weighted by Crippen LogP contribution is 2.19. The lowest BCUT2D eigenvalue weighted by Crippen LogP contribution is -2.11. The molecule has 18 heavy (non-hydrogen) atoms. The predicted molar refractivity (Wildman–Crippen MR) is 74.4 cm³/mol. The monoisotopic (exact) mass is 252 g/mol. The number of aliphatic hydroxyl groups is 1. The van der Waals surface area contributed by atoms with E-state index in [1.54, 1.807) is 0 Å². The highest BCUT2D eigenvalue weighted by molar-refractivity contribution is 5.54. The van der Waals surface area contributed by atoms with Crippen molar-refractivity contribution in [3.05, 3.63) is 11.9 Å². The van der Waals surface area contributed by atoms with E-state index in [9.17, 15) is 0 Å². The van der Waals surface area contributed by atoms with E-state index in [-0.39, 0.29) is 6.61 Å². The van der Waals surface area contributed by atoms with E-state index in [0.29, 0.717) is 11.7 Å². The van der Waals surface area contributed by atoms with Crippen molar-refractivity contribution in [2.75, 3.05) is 24.2 Å². The smallest absolute Gasteiger partial charge is 0.134 e. The zero-order chi connectivity index (χ0) is 13.4. The molecule has 102 valence electrons. The highest BCUT2D eigenvalue weighted by atomic mass is 16.3. The van der Waals surface area contributed by atoms with Gasteiger partial charge < -0.3 is 16.2 Å². The number of hydrogen-bond acceptors (Lipinski definition) is 5. The van der Waals surface area contributed by atoms with Crippen LogP contribution in [0.25, 0.3) is 0 Å². The molecule has 1 heterocycles. The van der Waals surface area contributed by atoms with Crippen LogP contribution in [0.1, 0.15) is 38.7 Å². The summed E-state index contributed by atoms with van der Waals surface area (Å²) in [6.45, 7) is 5.25. The molecule has 0 amide bonds. The second kappa shape index (κ2) is 7.87. The van der Waals surface area contributed by atoms with Crippen LogP contribution in [0.4, 0.5) is 11.6 Å². The Bertz CT molecular complexity index is 357. The third-order valence-electron chi connectivity index (χ3n) is 2.96. The topological polar surface area (TPSA) is 84.1 Å². The van der Waals surface area contributed by atoms with Crippen LogP contribution in [0.3, 0.4) is 0 Å². The highest BCUT2D eigenvalue weighted by Gasteiger charge is 2.07. The number of nitrogens with two attached hydrogens (primary N) is 1. The van der Waals surface area contributed by atoms with Crippen LogP contribution in [-0.2, 0) is 6.42 Å². The quantitative estimate of drug-likeness (QED) is 0.615. The van der Waals surface area contributed by atoms with Crippen molar-refractivity contribution in [2.45, 2.75) is 39.5 Å². The predicted octanol–water partition coefficient (Wildman–Crippen LogP) is 1.83. The maximum Gasteiger partial charge on any atom is 0.134 e. The van der Waals surface area contributed by atoms with Crippen LogP contribution in [0, 0.1) is 5.92 Å². The molecular weight excluding hydrogens is 228 g/mol. The minimum absolute atomic E-state index is 0.252. The molecule has 5 nitrogen and oxygen atoms in total. The number of anilines is 2. The lowest BCUT2D eigenvalue weighted by Gasteiger charge is -2.12. The Balaban J connectivity index is 2.48. The second-order valence-electron chi connectivity index (χ2n) is 4.69. The molecule has 0 bridgehead atoms. The van der Waals surface area contributed by atoms with E-state index in [4.69, 9.17) is 10.8 Å². The lowest BCUT2D eigenvalue weighted by atomic mass is 10.1. The van der Waals surface area contributed by atoms with Gasteiger partial charge in [0.2, 0.25) is 0 Å². The Labute approximate surface area is 109 Å². The van der Waals surface area contributed by atoms with Gasteiger partial charge in [-0.3, -0.25) is 0 Å².